The molecule has 1 amide bonds. The van der Waals surface area contributed by atoms with Gasteiger partial charge in [0.05, 0.1) is 14.2 Å². The SMILES string of the molecule is COc1cc(CN(C)C(=O)c2ccc(CN)cc2)c(SC)cc1OC.Cl. The second-order valence-corrected chi connectivity index (χ2v) is 6.43. The van der Waals surface area contributed by atoms with Crippen LogP contribution in [0.25, 0.3) is 0 Å². The molecule has 7 heteroatoms. The van der Waals surface area contributed by atoms with Gasteiger partial charge in [0, 0.05) is 30.6 Å². The third-order valence-corrected chi connectivity index (χ3v) is 4.80. The Bertz CT molecular complexity index is 738. The van der Waals surface area contributed by atoms with Crippen LogP contribution >= 0.6 is 24.2 Å². The zero-order chi connectivity index (χ0) is 18.4. The molecule has 26 heavy (non-hydrogen) atoms. The van der Waals surface area contributed by atoms with Crippen molar-refractivity contribution in [3.05, 3.63) is 53.1 Å². The normalized spacial score (nSPS) is 10.0. The molecule has 0 aromatic heterocycles. The molecule has 0 atom stereocenters. The number of amides is 1. The molecule has 2 rings (SSSR count). The van der Waals surface area contributed by atoms with Crippen molar-refractivity contribution in [2.45, 2.75) is 18.0 Å². The minimum Gasteiger partial charge on any atom is -0.493 e. The number of nitrogens with zero attached hydrogens (tertiary/aromatic N) is 1. The molecule has 0 heterocycles. The smallest absolute Gasteiger partial charge is 0.253 e. The third kappa shape index (κ3) is 5.06. The second kappa shape index (κ2) is 10.3. The van der Waals surface area contributed by atoms with Crippen LogP contribution in [0.3, 0.4) is 0 Å². The monoisotopic (exact) mass is 396 g/mol. The number of benzene rings is 2. The minimum atomic E-state index is -0.0367. The largest absolute Gasteiger partial charge is 0.493 e. The summed E-state index contributed by atoms with van der Waals surface area (Å²) >= 11 is 1.61. The van der Waals surface area contributed by atoms with Crippen molar-refractivity contribution in [1.29, 1.82) is 0 Å². The van der Waals surface area contributed by atoms with E-state index in [1.165, 1.54) is 0 Å². The summed E-state index contributed by atoms with van der Waals surface area (Å²) in [6.45, 7) is 0.945. The van der Waals surface area contributed by atoms with E-state index in [4.69, 9.17) is 15.2 Å². The molecule has 0 saturated carbocycles. The van der Waals surface area contributed by atoms with Gasteiger partial charge in [0.1, 0.15) is 0 Å². The number of carbonyl (C=O) groups is 1. The number of hydrogen-bond acceptors (Lipinski definition) is 5. The van der Waals surface area contributed by atoms with Crippen LogP contribution in [0, 0.1) is 0 Å². The van der Waals surface area contributed by atoms with E-state index in [1.54, 1.807) is 37.9 Å². The standard InChI is InChI=1S/C19H24N2O3S.ClH/c1-21(19(22)14-7-5-13(11-20)6-8-14)12-15-9-16(23-2)17(24-3)10-18(15)25-4;/h5-10H,11-12,20H2,1-4H3;1H. The number of rotatable bonds is 7. The predicted molar refractivity (Wildman–Crippen MR) is 109 cm³/mol. The molecule has 2 N–H and O–H groups in total. The molecule has 0 fully saturated rings. The highest BCUT2D eigenvalue weighted by Gasteiger charge is 2.16. The fourth-order valence-corrected chi connectivity index (χ4v) is 3.16. The van der Waals surface area contributed by atoms with Crippen LogP contribution in [0.1, 0.15) is 21.5 Å². The summed E-state index contributed by atoms with van der Waals surface area (Å²) < 4.78 is 10.7. The summed E-state index contributed by atoms with van der Waals surface area (Å²) in [5.74, 6) is 1.30. The Balaban J connectivity index is 0.00000338. The average Bonchev–Trinajstić information content (AvgIpc) is 2.66. The summed E-state index contributed by atoms with van der Waals surface area (Å²) in [7, 11) is 5.01. The Morgan fingerprint density at radius 3 is 2.19 bits per heavy atom. The van der Waals surface area contributed by atoms with Gasteiger partial charge in [-0.25, -0.2) is 0 Å². The highest BCUT2D eigenvalue weighted by atomic mass is 35.5. The van der Waals surface area contributed by atoms with Gasteiger partial charge >= 0.3 is 0 Å². The van der Waals surface area contributed by atoms with E-state index in [-0.39, 0.29) is 18.3 Å². The molecule has 2 aromatic rings. The number of ether oxygens (including phenoxy) is 2. The lowest BCUT2D eigenvalue weighted by Crippen LogP contribution is -2.26. The molecule has 0 spiro atoms. The number of methoxy groups -OCH3 is 2. The van der Waals surface area contributed by atoms with Crippen molar-refractivity contribution in [3.8, 4) is 11.5 Å². The Labute approximate surface area is 165 Å². The lowest BCUT2D eigenvalue weighted by atomic mass is 10.1. The molecule has 0 aliphatic rings. The fraction of sp³-hybridized carbons (Fsp3) is 0.316. The summed E-state index contributed by atoms with van der Waals surface area (Å²) in [5, 5.41) is 0. The van der Waals surface area contributed by atoms with Gasteiger partial charge in [-0.3, -0.25) is 4.79 Å². The Morgan fingerprint density at radius 1 is 1.12 bits per heavy atom. The molecular formula is C19H25ClN2O3S. The third-order valence-electron chi connectivity index (χ3n) is 3.98. The molecule has 0 aliphatic heterocycles. The minimum absolute atomic E-state index is 0. The van der Waals surface area contributed by atoms with E-state index in [0.29, 0.717) is 30.2 Å². The number of halogens is 1. The van der Waals surface area contributed by atoms with Crippen LogP contribution in [0.15, 0.2) is 41.3 Å². The van der Waals surface area contributed by atoms with E-state index in [0.717, 1.165) is 16.0 Å². The molecule has 0 aliphatic carbocycles. The van der Waals surface area contributed by atoms with Crippen molar-refractivity contribution < 1.29 is 14.3 Å². The molecule has 0 saturated heterocycles. The summed E-state index contributed by atoms with van der Waals surface area (Å²) in [6, 6.07) is 11.2. The number of thioether (sulfide) groups is 1. The van der Waals surface area contributed by atoms with Crippen molar-refractivity contribution in [2.24, 2.45) is 5.73 Å². The van der Waals surface area contributed by atoms with Crippen LogP contribution < -0.4 is 15.2 Å². The topological polar surface area (TPSA) is 64.8 Å². The summed E-state index contributed by atoms with van der Waals surface area (Å²) in [4.78, 5) is 15.4. The van der Waals surface area contributed by atoms with E-state index >= 15 is 0 Å². The van der Waals surface area contributed by atoms with Gasteiger partial charge in [0.2, 0.25) is 0 Å². The Kier molecular flexibility index (Phi) is 8.78. The van der Waals surface area contributed by atoms with Crippen molar-refractivity contribution in [2.75, 3.05) is 27.5 Å². The van der Waals surface area contributed by atoms with E-state index in [2.05, 4.69) is 0 Å². The molecule has 0 bridgehead atoms. The molecule has 0 unspecified atom stereocenters. The first kappa shape index (κ1) is 22.2. The lowest BCUT2D eigenvalue weighted by Gasteiger charge is -2.20. The first-order valence-corrected chi connectivity index (χ1v) is 9.09. The van der Waals surface area contributed by atoms with Crippen LogP contribution in [0.4, 0.5) is 0 Å². The van der Waals surface area contributed by atoms with E-state index in [1.807, 2.05) is 42.7 Å². The summed E-state index contributed by atoms with van der Waals surface area (Å²) in [5.41, 5.74) is 8.26. The number of nitrogens with two attached hydrogens (primary N) is 1. The van der Waals surface area contributed by atoms with Gasteiger partial charge in [-0.15, -0.1) is 24.2 Å². The first-order chi connectivity index (χ1) is 12.0. The molecular weight excluding hydrogens is 372 g/mol. The van der Waals surface area contributed by atoms with Gasteiger partial charge in [-0.05, 0) is 41.6 Å². The van der Waals surface area contributed by atoms with Crippen LogP contribution in [-0.2, 0) is 13.1 Å². The van der Waals surface area contributed by atoms with Gasteiger partial charge in [-0.1, -0.05) is 12.1 Å². The molecule has 142 valence electrons. The highest BCUT2D eigenvalue weighted by Crippen LogP contribution is 2.35. The maximum absolute atomic E-state index is 12.7. The Hall–Kier alpha value is -1.89. The number of hydrogen-bond donors (Lipinski definition) is 1. The maximum atomic E-state index is 12.7. The molecule has 0 radical (unpaired) electrons. The van der Waals surface area contributed by atoms with Gasteiger partial charge in [0.25, 0.3) is 5.91 Å². The van der Waals surface area contributed by atoms with Gasteiger partial charge in [0.15, 0.2) is 11.5 Å². The predicted octanol–water partition coefficient (Wildman–Crippen LogP) is 3.58. The van der Waals surface area contributed by atoms with Crippen molar-refractivity contribution in [1.82, 2.24) is 4.90 Å². The number of carbonyl (C=O) groups excluding carboxylic acids is 1. The zero-order valence-corrected chi connectivity index (χ0v) is 17.1. The van der Waals surface area contributed by atoms with Gasteiger partial charge in [-0.2, -0.15) is 0 Å². The second-order valence-electron chi connectivity index (χ2n) is 5.58. The summed E-state index contributed by atoms with van der Waals surface area (Å²) in [6.07, 6.45) is 2.00. The quantitative estimate of drug-likeness (QED) is 0.724. The van der Waals surface area contributed by atoms with E-state index in [9.17, 15) is 4.79 Å². The zero-order valence-electron chi connectivity index (χ0n) is 15.4. The van der Waals surface area contributed by atoms with Crippen molar-refractivity contribution in [3.63, 3.8) is 0 Å². The van der Waals surface area contributed by atoms with Crippen LogP contribution in [0.5, 0.6) is 11.5 Å². The first-order valence-electron chi connectivity index (χ1n) is 7.87. The fourth-order valence-electron chi connectivity index (χ4n) is 2.55. The lowest BCUT2D eigenvalue weighted by molar-refractivity contribution is 0.0784. The van der Waals surface area contributed by atoms with Gasteiger partial charge < -0.3 is 20.1 Å². The van der Waals surface area contributed by atoms with Crippen LogP contribution in [-0.4, -0.2) is 38.3 Å². The molecule has 5 nitrogen and oxygen atoms in total. The van der Waals surface area contributed by atoms with E-state index < -0.39 is 0 Å². The average molecular weight is 397 g/mol. The highest BCUT2D eigenvalue weighted by molar-refractivity contribution is 7.98. The van der Waals surface area contributed by atoms with Crippen LogP contribution in [0.2, 0.25) is 0 Å². The maximum Gasteiger partial charge on any atom is 0.253 e. The Morgan fingerprint density at radius 2 is 1.69 bits per heavy atom. The molecule has 2 aromatic carbocycles. The van der Waals surface area contributed by atoms with Crippen molar-refractivity contribution >= 4 is 30.1 Å².